The van der Waals surface area contributed by atoms with Crippen molar-refractivity contribution in [3.05, 3.63) is 176 Å². The molecule has 1 aliphatic carbocycles. The van der Waals surface area contributed by atoms with Crippen molar-refractivity contribution in [1.29, 1.82) is 0 Å². The van der Waals surface area contributed by atoms with Crippen molar-refractivity contribution in [1.82, 2.24) is 14.5 Å². The molecule has 0 bridgehead atoms. The Morgan fingerprint density at radius 1 is 0.353 bits per heavy atom. The highest BCUT2D eigenvalue weighted by molar-refractivity contribution is 6.28. The van der Waals surface area contributed by atoms with E-state index in [1.165, 1.54) is 77.2 Å². The molecule has 0 atom stereocenters. The van der Waals surface area contributed by atoms with Crippen LogP contribution in [0, 0.1) is 0 Å². The van der Waals surface area contributed by atoms with Crippen molar-refractivity contribution in [3.63, 3.8) is 0 Å². The van der Waals surface area contributed by atoms with Gasteiger partial charge in [0, 0.05) is 23.5 Å². The average molecular weight is 648 g/mol. The highest BCUT2D eigenvalue weighted by atomic mass is 15.1. The van der Waals surface area contributed by atoms with Crippen LogP contribution in [0.3, 0.4) is 0 Å². The van der Waals surface area contributed by atoms with Crippen molar-refractivity contribution in [2.24, 2.45) is 0 Å². The molecule has 11 rings (SSSR count). The second-order valence-corrected chi connectivity index (χ2v) is 13.3. The lowest BCUT2D eigenvalue weighted by atomic mass is 9.82. The highest BCUT2D eigenvalue weighted by Crippen LogP contribution is 2.58. The van der Waals surface area contributed by atoms with Gasteiger partial charge in [-0.05, 0) is 95.4 Å². The maximum atomic E-state index is 4.74. The molecule has 0 amide bonds. The van der Waals surface area contributed by atoms with Crippen LogP contribution < -0.4 is 0 Å². The third-order valence-electron chi connectivity index (χ3n) is 10.6. The first-order valence-corrected chi connectivity index (χ1v) is 17.4. The van der Waals surface area contributed by atoms with E-state index in [0.717, 1.165) is 27.8 Å². The van der Waals surface area contributed by atoms with E-state index in [1.54, 1.807) is 12.4 Å². The maximum absolute atomic E-state index is 4.74. The molecule has 0 saturated carbocycles. The van der Waals surface area contributed by atoms with Crippen LogP contribution in [0.2, 0.25) is 0 Å². The van der Waals surface area contributed by atoms with Gasteiger partial charge in [0.15, 0.2) is 5.65 Å². The molecule has 0 aliphatic heterocycles. The van der Waals surface area contributed by atoms with Gasteiger partial charge in [-0.3, -0.25) is 9.55 Å². The molecule has 0 N–H and O–H groups in total. The standard InChI is InChI=1S/C48H29N3/c1-3-12-31(13-4-1)42-36-16-7-8-17-37(36)43(32-14-5-2-6-15-32)46-40-27-26-34(35-19-11-20-39(44(35)40)45(42)46)30-22-24-33(25-23-30)51-41-21-10-9-18-38(41)47-48(51)50-29-28-49-47/h1-29H. The third kappa shape index (κ3) is 4.00. The number of fused-ring (bicyclic) bond motifs is 7. The predicted octanol–water partition coefficient (Wildman–Crippen LogP) is 12.5. The Kier molecular flexibility index (Phi) is 5.96. The monoisotopic (exact) mass is 647 g/mol. The number of benzene rings is 8. The molecule has 0 saturated heterocycles. The van der Waals surface area contributed by atoms with Gasteiger partial charge in [0.1, 0.15) is 5.52 Å². The average Bonchev–Trinajstić information content (AvgIpc) is 3.72. The number of hydrogen-bond donors (Lipinski definition) is 0. The van der Waals surface area contributed by atoms with E-state index < -0.39 is 0 Å². The van der Waals surface area contributed by atoms with Gasteiger partial charge in [-0.2, -0.15) is 0 Å². The smallest absolute Gasteiger partial charge is 0.164 e. The number of rotatable bonds is 4. The fraction of sp³-hybridized carbons (Fsp3) is 0. The second-order valence-electron chi connectivity index (χ2n) is 13.3. The van der Waals surface area contributed by atoms with Crippen LogP contribution >= 0.6 is 0 Å². The number of para-hydroxylation sites is 1. The number of hydrogen-bond acceptors (Lipinski definition) is 2. The van der Waals surface area contributed by atoms with E-state index in [9.17, 15) is 0 Å². The van der Waals surface area contributed by atoms with Crippen molar-refractivity contribution >= 4 is 43.6 Å². The summed E-state index contributed by atoms with van der Waals surface area (Å²) in [5.74, 6) is 0. The molecule has 8 aromatic carbocycles. The van der Waals surface area contributed by atoms with Crippen LogP contribution in [-0.4, -0.2) is 14.5 Å². The molecule has 1 aliphatic rings. The highest BCUT2D eigenvalue weighted by Gasteiger charge is 2.31. The minimum Gasteiger partial charge on any atom is -0.293 e. The Balaban J connectivity index is 1.15. The minimum absolute atomic E-state index is 0.866. The topological polar surface area (TPSA) is 30.7 Å². The Labute approximate surface area is 294 Å². The molecule has 3 nitrogen and oxygen atoms in total. The molecule has 0 spiro atoms. The first-order chi connectivity index (χ1) is 25.3. The molecule has 10 aromatic rings. The SMILES string of the molecule is c1ccc(-c2c3c(c(-c4ccccc4)c4ccccc24)-c2ccc(-c4ccc(-n5c6ccccc6c6nccnc65)cc4)c4cccc-3c24)cc1. The molecule has 236 valence electrons. The van der Waals surface area contributed by atoms with E-state index >= 15 is 0 Å². The lowest BCUT2D eigenvalue weighted by Crippen LogP contribution is -1.95. The van der Waals surface area contributed by atoms with Gasteiger partial charge < -0.3 is 0 Å². The van der Waals surface area contributed by atoms with Crippen LogP contribution in [0.25, 0.3) is 105 Å². The lowest BCUT2D eigenvalue weighted by molar-refractivity contribution is 1.12. The summed E-state index contributed by atoms with van der Waals surface area (Å²) in [5, 5.41) is 6.23. The molecule has 51 heavy (non-hydrogen) atoms. The molecule has 0 unspecified atom stereocenters. The zero-order chi connectivity index (χ0) is 33.5. The Bertz CT molecular complexity index is 2850. The van der Waals surface area contributed by atoms with Gasteiger partial charge in [-0.1, -0.05) is 146 Å². The van der Waals surface area contributed by atoms with Crippen molar-refractivity contribution in [2.75, 3.05) is 0 Å². The summed E-state index contributed by atoms with van der Waals surface area (Å²) >= 11 is 0. The zero-order valence-electron chi connectivity index (χ0n) is 27.6. The predicted molar refractivity (Wildman–Crippen MR) is 212 cm³/mol. The van der Waals surface area contributed by atoms with Crippen molar-refractivity contribution in [3.8, 4) is 61.3 Å². The van der Waals surface area contributed by atoms with Crippen molar-refractivity contribution in [2.45, 2.75) is 0 Å². The normalized spacial score (nSPS) is 11.9. The van der Waals surface area contributed by atoms with Crippen LogP contribution in [0.15, 0.2) is 176 Å². The summed E-state index contributed by atoms with van der Waals surface area (Å²) in [6, 6.07) is 59.6. The number of aromatic nitrogens is 3. The summed E-state index contributed by atoms with van der Waals surface area (Å²) < 4.78 is 2.21. The lowest BCUT2D eigenvalue weighted by Gasteiger charge is -2.20. The molecule has 3 heteroatoms. The molecule has 2 heterocycles. The van der Waals surface area contributed by atoms with Crippen LogP contribution in [0.5, 0.6) is 0 Å². The zero-order valence-corrected chi connectivity index (χ0v) is 27.6. The Hall–Kier alpha value is -6.84. The molecular weight excluding hydrogens is 619 g/mol. The third-order valence-corrected chi connectivity index (χ3v) is 10.6. The van der Waals surface area contributed by atoms with Gasteiger partial charge in [-0.15, -0.1) is 0 Å². The van der Waals surface area contributed by atoms with E-state index in [2.05, 4.69) is 173 Å². The van der Waals surface area contributed by atoms with Gasteiger partial charge in [0.25, 0.3) is 0 Å². The summed E-state index contributed by atoms with van der Waals surface area (Å²) in [7, 11) is 0. The summed E-state index contributed by atoms with van der Waals surface area (Å²) in [5.41, 5.74) is 16.6. The van der Waals surface area contributed by atoms with Gasteiger partial charge >= 0.3 is 0 Å². The van der Waals surface area contributed by atoms with Crippen LogP contribution in [-0.2, 0) is 0 Å². The maximum Gasteiger partial charge on any atom is 0.164 e. The quantitative estimate of drug-likeness (QED) is 0.190. The van der Waals surface area contributed by atoms with E-state index in [-0.39, 0.29) is 0 Å². The molecule has 0 radical (unpaired) electrons. The molecular formula is C48H29N3. The summed E-state index contributed by atoms with van der Waals surface area (Å²) in [6.07, 6.45) is 3.54. The fourth-order valence-corrected chi connectivity index (χ4v) is 8.58. The van der Waals surface area contributed by atoms with E-state index in [0.29, 0.717) is 0 Å². The number of nitrogens with zero attached hydrogens (tertiary/aromatic N) is 3. The molecule has 0 fully saturated rings. The van der Waals surface area contributed by atoms with E-state index in [1.807, 2.05) is 0 Å². The van der Waals surface area contributed by atoms with Gasteiger partial charge in [0.05, 0.1) is 5.52 Å². The summed E-state index contributed by atoms with van der Waals surface area (Å²) in [6.45, 7) is 0. The second kappa shape index (κ2) is 10.8. The van der Waals surface area contributed by atoms with Gasteiger partial charge in [-0.25, -0.2) is 4.98 Å². The van der Waals surface area contributed by atoms with Crippen molar-refractivity contribution < 1.29 is 0 Å². The first-order valence-electron chi connectivity index (χ1n) is 17.4. The summed E-state index contributed by atoms with van der Waals surface area (Å²) in [4.78, 5) is 9.42. The van der Waals surface area contributed by atoms with E-state index in [4.69, 9.17) is 4.98 Å². The van der Waals surface area contributed by atoms with Gasteiger partial charge in [0.2, 0.25) is 0 Å². The Morgan fingerprint density at radius 3 is 1.59 bits per heavy atom. The Morgan fingerprint density at radius 2 is 0.902 bits per heavy atom. The van der Waals surface area contributed by atoms with Crippen LogP contribution in [0.4, 0.5) is 0 Å². The largest absolute Gasteiger partial charge is 0.293 e. The minimum atomic E-state index is 0.866. The fourth-order valence-electron chi connectivity index (χ4n) is 8.58. The molecule has 2 aromatic heterocycles. The van der Waals surface area contributed by atoms with Crippen LogP contribution in [0.1, 0.15) is 0 Å². The first kappa shape index (κ1) is 28.0.